The number of hydrogen-bond acceptors (Lipinski definition) is 1. The Morgan fingerprint density at radius 3 is 2.40 bits per heavy atom. The fourth-order valence-electron chi connectivity index (χ4n) is 0.807. The van der Waals surface area contributed by atoms with Crippen molar-refractivity contribution in [3.8, 4) is 5.75 Å². The zero-order valence-corrected chi connectivity index (χ0v) is 5.76. The molecule has 0 aliphatic heterocycles. The number of hydrogen-bond donors (Lipinski definition) is 1. The average molecular weight is 128 g/mol. The van der Waals surface area contributed by atoms with E-state index in [9.17, 15) is 0 Å². The lowest BCUT2D eigenvalue weighted by Crippen LogP contribution is -2.14. The lowest BCUT2D eigenvalue weighted by molar-refractivity contribution is 0.480. The van der Waals surface area contributed by atoms with Gasteiger partial charge in [0.2, 0.25) is 0 Å². The third-order valence-corrected chi connectivity index (χ3v) is 1.39. The van der Waals surface area contributed by atoms with Gasteiger partial charge in [0.25, 0.3) is 0 Å². The molecule has 3 heteroatoms. The minimum Gasteiger partial charge on any atom is -0.509 e. The monoisotopic (exact) mass is 128 g/mol. The lowest BCUT2D eigenvalue weighted by atomic mass is 9.84. The Bertz CT molecular complexity index is 235. The second kappa shape index (κ2) is 2.41. The number of aromatic hydroxyl groups is 1. The maximum atomic E-state index is 9.08. The van der Waals surface area contributed by atoms with E-state index in [0.29, 0.717) is 10.9 Å². The molecular weight excluding hydrogens is 122 g/mol. The molecule has 0 aliphatic carbocycles. The Morgan fingerprint density at radius 2 is 1.90 bits per heavy atom. The fraction of sp³-hybridized carbons (Fsp3) is 0.143. The summed E-state index contributed by atoms with van der Waals surface area (Å²) in [5.74, 6) is 0.0532. The van der Waals surface area contributed by atoms with E-state index >= 15 is 0 Å². The molecule has 10 heavy (non-hydrogen) atoms. The molecule has 0 spiro atoms. The van der Waals surface area contributed by atoms with E-state index < -0.39 is 0 Å². The first-order chi connectivity index (χ1) is 4.61. The van der Waals surface area contributed by atoms with Gasteiger partial charge in [0.1, 0.15) is 21.4 Å². The van der Waals surface area contributed by atoms with Gasteiger partial charge in [0.15, 0.2) is 0 Å². The van der Waals surface area contributed by atoms with Crippen molar-refractivity contribution in [2.45, 2.75) is 6.92 Å². The lowest BCUT2D eigenvalue weighted by Gasteiger charge is -2.04. The summed E-state index contributed by atoms with van der Waals surface area (Å²) in [6.45, 7) is 1.80. The average Bonchev–Trinajstić information content (AvgIpc) is 1.82. The predicted molar refractivity (Wildman–Crippen MR) is 43.6 cm³/mol. The minimum absolute atomic E-state index is 0.0532. The van der Waals surface area contributed by atoms with Gasteiger partial charge in [-0.3, -0.25) is 0 Å². The van der Waals surface area contributed by atoms with Gasteiger partial charge in [-0.2, -0.15) is 0 Å². The van der Waals surface area contributed by atoms with Gasteiger partial charge in [-0.05, 0) is 13.0 Å². The molecule has 0 fully saturated rings. The summed E-state index contributed by atoms with van der Waals surface area (Å²) in [5, 5.41) is 9.08. The number of rotatable bonds is 0. The smallest absolute Gasteiger partial charge is 0.119 e. The molecule has 0 saturated heterocycles. The number of phenolic OH excluding ortho intramolecular Hbond substituents is 1. The van der Waals surface area contributed by atoms with Gasteiger partial charge >= 0.3 is 0 Å². The van der Waals surface area contributed by atoms with Crippen molar-refractivity contribution in [1.82, 2.24) is 0 Å². The van der Waals surface area contributed by atoms with E-state index in [1.165, 1.54) is 6.07 Å². The van der Waals surface area contributed by atoms with Crippen LogP contribution >= 0.6 is 0 Å². The highest BCUT2D eigenvalue weighted by Gasteiger charge is 1.97. The molecule has 0 atom stereocenters. The fourth-order valence-corrected chi connectivity index (χ4v) is 0.807. The largest absolute Gasteiger partial charge is 0.509 e. The molecule has 1 aromatic rings. The molecular formula is C7H6B2O. The first kappa shape index (κ1) is 7.26. The van der Waals surface area contributed by atoms with Crippen LogP contribution < -0.4 is 10.9 Å². The molecule has 0 bridgehead atoms. The first-order valence-electron chi connectivity index (χ1n) is 2.96. The standard InChI is InChI=1S/C7H6B2O/c1-4-2-5(8)3-6(10)7(4)9/h2-3,10H,1H3. The van der Waals surface area contributed by atoms with Crippen molar-refractivity contribution >= 4 is 26.6 Å². The summed E-state index contributed by atoms with van der Waals surface area (Å²) >= 11 is 0. The molecule has 0 saturated carbocycles. The number of benzene rings is 1. The summed E-state index contributed by atoms with van der Waals surface area (Å²) in [6, 6.07) is 3.15. The Morgan fingerprint density at radius 1 is 1.30 bits per heavy atom. The highest BCUT2D eigenvalue weighted by Crippen LogP contribution is 2.02. The van der Waals surface area contributed by atoms with E-state index in [2.05, 4.69) is 0 Å². The first-order valence-corrected chi connectivity index (χ1v) is 2.96. The molecule has 46 valence electrons. The normalized spacial score (nSPS) is 9.70. The van der Waals surface area contributed by atoms with Crippen LogP contribution in [0.4, 0.5) is 0 Å². The minimum atomic E-state index is 0.0532. The van der Waals surface area contributed by atoms with Crippen molar-refractivity contribution in [2.24, 2.45) is 0 Å². The highest BCUT2D eigenvalue weighted by atomic mass is 16.3. The number of aryl methyl sites for hydroxylation is 1. The van der Waals surface area contributed by atoms with E-state index in [1.807, 2.05) is 0 Å². The van der Waals surface area contributed by atoms with Crippen LogP contribution in [0.25, 0.3) is 0 Å². The van der Waals surface area contributed by atoms with Gasteiger partial charge in [0.05, 0.1) is 0 Å². The van der Waals surface area contributed by atoms with Crippen molar-refractivity contribution in [1.29, 1.82) is 0 Å². The summed E-state index contributed by atoms with van der Waals surface area (Å²) in [6.07, 6.45) is 0. The van der Waals surface area contributed by atoms with Crippen LogP contribution in [0.1, 0.15) is 5.56 Å². The SMILES string of the molecule is [B]c1cc(C)c([B])c(O)c1. The van der Waals surface area contributed by atoms with Gasteiger partial charge in [-0.1, -0.05) is 22.6 Å². The van der Waals surface area contributed by atoms with Crippen molar-refractivity contribution < 1.29 is 5.11 Å². The predicted octanol–water partition coefficient (Wildman–Crippen LogP) is -0.712. The molecule has 1 aromatic carbocycles. The van der Waals surface area contributed by atoms with Gasteiger partial charge in [0, 0.05) is 0 Å². The third-order valence-electron chi connectivity index (χ3n) is 1.39. The maximum Gasteiger partial charge on any atom is 0.119 e. The van der Waals surface area contributed by atoms with Crippen molar-refractivity contribution in [3.63, 3.8) is 0 Å². The molecule has 0 aliphatic rings. The third kappa shape index (κ3) is 1.18. The van der Waals surface area contributed by atoms with Gasteiger partial charge in [-0.15, -0.1) is 0 Å². The van der Waals surface area contributed by atoms with Crippen LogP contribution in [0.15, 0.2) is 12.1 Å². The number of phenols is 1. The zero-order chi connectivity index (χ0) is 7.72. The van der Waals surface area contributed by atoms with E-state index in [0.717, 1.165) is 5.56 Å². The Labute approximate surface area is 62.9 Å². The molecule has 0 heterocycles. The maximum absolute atomic E-state index is 9.08. The molecule has 1 N–H and O–H groups in total. The van der Waals surface area contributed by atoms with Crippen LogP contribution in [0.5, 0.6) is 5.75 Å². The van der Waals surface area contributed by atoms with Crippen molar-refractivity contribution in [3.05, 3.63) is 17.7 Å². The second-order valence-corrected chi connectivity index (χ2v) is 2.27. The highest BCUT2D eigenvalue weighted by molar-refractivity contribution is 6.37. The van der Waals surface area contributed by atoms with Crippen molar-refractivity contribution in [2.75, 3.05) is 0 Å². The van der Waals surface area contributed by atoms with Gasteiger partial charge in [-0.25, -0.2) is 0 Å². The molecule has 1 rings (SSSR count). The van der Waals surface area contributed by atoms with Crippen LogP contribution in [0.3, 0.4) is 0 Å². The molecule has 0 aromatic heterocycles. The zero-order valence-electron chi connectivity index (χ0n) is 5.76. The topological polar surface area (TPSA) is 20.2 Å². The summed E-state index contributed by atoms with van der Waals surface area (Å²) in [5.41, 5.74) is 1.73. The van der Waals surface area contributed by atoms with Crippen LogP contribution in [0.2, 0.25) is 0 Å². The Balaban J connectivity index is 3.31. The van der Waals surface area contributed by atoms with Crippen LogP contribution in [0, 0.1) is 6.92 Å². The quantitative estimate of drug-likeness (QED) is 0.457. The molecule has 0 unspecified atom stereocenters. The molecule has 1 nitrogen and oxygen atoms in total. The summed E-state index contributed by atoms with van der Waals surface area (Å²) < 4.78 is 0. The van der Waals surface area contributed by atoms with Crippen LogP contribution in [-0.4, -0.2) is 20.8 Å². The Hall–Kier alpha value is -0.850. The second-order valence-electron chi connectivity index (χ2n) is 2.27. The van der Waals surface area contributed by atoms with E-state index in [-0.39, 0.29) is 5.75 Å². The van der Waals surface area contributed by atoms with E-state index in [4.69, 9.17) is 20.8 Å². The van der Waals surface area contributed by atoms with E-state index in [1.54, 1.807) is 13.0 Å². The molecule has 4 radical (unpaired) electrons. The summed E-state index contributed by atoms with van der Waals surface area (Å²) in [4.78, 5) is 0. The summed E-state index contributed by atoms with van der Waals surface area (Å²) in [7, 11) is 10.9. The molecule has 0 amide bonds. The van der Waals surface area contributed by atoms with Gasteiger partial charge < -0.3 is 5.11 Å². The Kier molecular flexibility index (Phi) is 1.75. The van der Waals surface area contributed by atoms with Crippen LogP contribution in [-0.2, 0) is 0 Å².